The van der Waals surface area contributed by atoms with Crippen LogP contribution in [0.3, 0.4) is 0 Å². The highest BCUT2D eigenvalue weighted by Crippen LogP contribution is 2.26. The Labute approximate surface area is 150 Å². The van der Waals surface area contributed by atoms with Crippen molar-refractivity contribution in [1.29, 1.82) is 5.26 Å². The predicted octanol–water partition coefficient (Wildman–Crippen LogP) is 4.81. The molecule has 0 aliphatic heterocycles. The molecule has 1 aromatic heterocycles. The third-order valence-electron chi connectivity index (χ3n) is 3.20. The van der Waals surface area contributed by atoms with E-state index in [-0.39, 0.29) is 23.9 Å². The van der Waals surface area contributed by atoms with Crippen LogP contribution in [0.5, 0.6) is 0 Å². The average Bonchev–Trinajstić information content (AvgIpc) is 3.01. The Balaban J connectivity index is 1.75. The second-order valence-corrected chi connectivity index (χ2v) is 5.85. The number of hydrogen-bond donors (Lipinski definition) is 1. The van der Waals surface area contributed by atoms with Gasteiger partial charge < -0.3 is 9.84 Å². The Kier molecular flexibility index (Phi) is 4.83. The number of rotatable bonds is 4. The van der Waals surface area contributed by atoms with Gasteiger partial charge in [0.2, 0.25) is 5.82 Å². The van der Waals surface area contributed by atoms with E-state index in [0.717, 1.165) is 12.1 Å². The topological polar surface area (TPSA) is 74.7 Å². The first kappa shape index (κ1) is 17.1. The van der Waals surface area contributed by atoms with Gasteiger partial charge in [-0.05, 0) is 35.9 Å². The second-order valence-electron chi connectivity index (χ2n) is 4.98. The van der Waals surface area contributed by atoms with Gasteiger partial charge in [0.05, 0.1) is 0 Å². The van der Waals surface area contributed by atoms with Crippen LogP contribution in [0.15, 0.2) is 34.9 Å². The Bertz CT molecular complexity index is 941. The maximum Gasteiger partial charge on any atom is 0.322 e. The van der Waals surface area contributed by atoms with Crippen LogP contribution < -0.4 is 5.32 Å². The van der Waals surface area contributed by atoms with Crippen molar-refractivity contribution >= 4 is 29.2 Å². The molecule has 2 aromatic carbocycles. The molecule has 126 valence electrons. The summed E-state index contributed by atoms with van der Waals surface area (Å²) < 4.78 is 32.2. The van der Waals surface area contributed by atoms with Crippen molar-refractivity contribution in [2.24, 2.45) is 0 Å². The highest BCUT2D eigenvalue weighted by Gasteiger charge is 2.13. The van der Waals surface area contributed by atoms with Gasteiger partial charge in [-0.2, -0.15) is 10.2 Å². The van der Waals surface area contributed by atoms with E-state index in [4.69, 9.17) is 33.0 Å². The van der Waals surface area contributed by atoms with E-state index in [2.05, 4.69) is 15.5 Å². The summed E-state index contributed by atoms with van der Waals surface area (Å²) >= 11 is 11.8. The summed E-state index contributed by atoms with van der Waals surface area (Å²) in [7, 11) is 0. The van der Waals surface area contributed by atoms with Gasteiger partial charge in [0.1, 0.15) is 23.3 Å². The molecule has 0 aliphatic rings. The van der Waals surface area contributed by atoms with Crippen molar-refractivity contribution in [3.63, 3.8) is 0 Å². The van der Waals surface area contributed by atoms with E-state index >= 15 is 0 Å². The molecular weight excluding hydrogens is 373 g/mol. The van der Waals surface area contributed by atoms with Crippen LogP contribution in [-0.4, -0.2) is 10.1 Å². The zero-order valence-electron chi connectivity index (χ0n) is 12.4. The van der Waals surface area contributed by atoms with Gasteiger partial charge in [-0.15, -0.1) is 0 Å². The molecule has 0 atom stereocenters. The molecule has 3 rings (SSSR count). The number of nitrogens with zero attached hydrogens (tertiary/aromatic N) is 3. The Hall–Kier alpha value is -2.69. The summed E-state index contributed by atoms with van der Waals surface area (Å²) in [5.41, 5.74) is 0.214. The van der Waals surface area contributed by atoms with Gasteiger partial charge in [0.15, 0.2) is 0 Å². The van der Waals surface area contributed by atoms with E-state index in [1.54, 1.807) is 18.2 Å². The fourth-order valence-electron chi connectivity index (χ4n) is 2.11. The normalized spacial score (nSPS) is 10.5. The molecule has 0 unspecified atom stereocenters. The van der Waals surface area contributed by atoms with Gasteiger partial charge in [-0.1, -0.05) is 28.4 Å². The third kappa shape index (κ3) is 3.87. The molecule has 0 bridgehead atoms. The molecule has 25 heavy (non-hydrogen) atoms. The predicted molar refractivity (Wildman–Crippen MR) is 88.2 cm³/mol. The van der Waals surface area contributed by atoms with Crippen LogP contribution in [-0.2, 0) is 6.54 Å². The quantitative estimate of drug-likeness (QED) is 0.702. The monoisotopic (exact) mass is 380 g/mol. The minimum absolute atomic E-state index is 0.0253. The molecular formula is C16H8Cl2F2N4O. The summed E-state index contributed by atoms with van der Waals surface area (Å²) in [6.45, 7) is 0.0253. The lowest BCUT2D eigenvalue weighted by atomic mass is 10.1. The summed E-state index contributed by atoms with van der Waals surface area (Å²) in [4.78, 5) is 4.11. The highest BCUT2D eigenvalue weighted by atomic mass is 35.5. The SMILES string of the molecule is N#Cc1c(F)cc(CNc2nc(-c3cc(Cl)cc(Cl)c3)no2)cc1F. The summed E-state index contributed by atoms with van der Waals surface area (Å²) in [6.07, 6.45) is 0. The van der Waals surface area contributed by atoms with Crippen molar-refractivity contribution in [3.05, 3.63) is 63.1 Å². The number of nitrogens with one attached hydrogen (secondary N) is 1. The first-order valence-corrected chi connectivity index (χ1v) is 7.64. The van der Waals surface area contributed by atoms with Crippen LogP contribution in [0.1, 0.15) is 11.1 Å². The van der Waals surface area contributed by atoms with Crippen LogP contribution >= 0.6 is 23.2 Å². The van der Waals surface area contributed by atoms with Crippen molar-refractivity contribution in [2.75, 3.05) is 5.32 Å². The number of hydrogen-bond acceptors (Lipinski definition) is 5. The van der Waals surface area contributed by atoms with Crippen molar-refractivity contribution in [1.82, 2.24) is 10.1 Å². The van der Waals surface area contributed by atoms with Gasteiger partial charge >= 0.3 is 6.01 Å². The number of benzene rings is 2. The van der Waals surface area contributed by atoms with Crippen LogP contribution in [0.25, 0.3) is 11.4 Å². The van der Waals surface area contributed by atoms with Crippen LogP contribution in [0, 0.1) is 23.0 Å². The van der Waals surface area contributed by atoms with Crippen molar-refractivity contribution in [2.45, 2.75) is 6.54 Å². The molecule has 0 saturated carbocycles. The van der Waals surface area contributed by atoms with E-state index < -0.39 is 17.2 Å². The minimum atomic E-state index is -0.931. The zero-order valence-corrected chi connectivity index (χ0v) is 13.9. The van der Waals surface area contributed by atoms with Crippen LogP contribution in [0.4, 0.5) is 14.8 Å². The molecule has 1 N–H and O–H groups in total. The third-order valence-corrected chi connectivity index (χ3v) is 3.64. The largest absolute Gasteiger partial charge is 0.334 e. The van der Waals surface area contributed by atoms with E-state index in [9.17, 15) is 8.78 Å². The highest BCUT2D eigenvalue weighted by molar-refractivity contribution is 6.35. The summed E-state index contributed by atoms with van der Waals surface area (Å²) in [5, 5.41) is 16.0. The van der Waals surface area contributed by atoms with E-state index in [0.29, 0.717) is 15.6 Å². The molecule has 0 aliphatic carbocycles. The molecule has 0 spiro atoms. The molecule has 0 fully saturated rings. The smallest absolute Gasteiger partial charge is 0.322 e. The molecule has 3 aromatic rings. The molecule has 1 heterocycles. The second kappa shape index (κ2) is 7.05. The molecule has 0 radical (unpaired) electrons. The number of halogens is 4. The van der Waals surface area contributed by atoms with E-state index in [1.807, 2.05) is 0 Å². The Morgan fingerprint density at radius 3 is 2.32 bits per heavy atom. The first-order valence-electron chi connectivity index (χ1n) is 6.88. The van der Waals surface area contributed by atoms with Crippen LogP contribution in [0.2, 0.25) is 10.0 Å². The van der Waals surface area contributed by atoms with Crippen molar-refractivity contribution < 1.29 is 13.3 Å². The fourth-order valence-corrected chi connectivity index (χ4v) is 2.63. The van der Waals surface area contributed by atoms with Gasteiger partial charge in [0.25, 0.3) is 0 Å². The maximum absolute atomic E-state index is 13.6. The lowest BCUT2D eigenvalue weighted by Crippen LogP contribution is -2.02. The molecule has 0 saturated heterocycles. The molecule has 5 nitrogen and oxygen atoms in total. The number of nitriles is 1. The van der Waals surface area contributed by atoms with Crippen molar-refractivity contribution in [3.8, 4) is 17.5 Å². The number of anilines is 1. The Morgan fingerprint density at radius 1 is 1.08 bits per heavy atom. The standard InChI is InChI=1S/C16H8Cl2F2N4O/c17-10-3-9(4-11(18)5-10)15-23-16(25-24-15)22-7-8-1-13(19)12(6-21)14(20)2-8/h1-5H,7H2,(H,22,23,24). The molecule has 0 amide bonds. The lowest BCUT2D eigenvalue weighted by Gasteiger charge is -2.03. The Morgan fingerprint density at radius 2 is 1.72 bits per heavy atom. The maximum atomic E-state index is 13.6. The molecule has 9 heteroatoms. The number of aromatic nitrogens is 2. The zero-order chi connectivity index (χ0) is 18.0. The van der Waals surface area contributed by atoms with E-state index in [1.165, 1.54) is 6.07 Å². The summed E-state index contributed by atoms with van der Waals surface area (Å²) in [6, 6.07) is 8.44. The first-order chi connectivity index (χ1) is 12.0. The van der Waals surface area contributed by atoms with Gasteiger partial charge in [0, 0.05) is 22.2 Å². The fraction of sp³-hybridized carbons (Fsp3) is 0.0625. The minimum Gasteiger partial charge on any atom is -0.334 e. The lowest BCUT2D eigenvalue weighted by molar-refractivity contribution is 0.432. The summed E-state index contributed by atoms with van der Waals surface area (Å²) in [5.74, 6) is -1.61. The van der Waals surface area contributed by atoms with Gasteiger partial charge in [-0.25, -0.2) is 8.78 Å². The van der Waals surface area contributed by atoms with Gasteiger partial charge in [-0.3, -0.25) is 0 Å². The average molecular weight is 381 g/mol.